The minimum absolute atomic E-state index is 0.0451. The van der Waals surface area contributed by atoms with E-state index in [0.717, 1.165) is 42.5 Å². The summed E-state index contributed by atoms with van der Waals surface area (Å²) in [7, 11) is 0. The van der Waals surface area contributed by atoms with Gasteiger partial charge in [-0.2, -0.15) is 0 Å². The molecule has 0 bridgehead atoms. The van der Waals surface area contributed by atoms with Crippen LogP contribution in [0.2, 0.25) is 0 Å². The largest absolute Gasteiger partial charge is 0.473 e. The molecule has 0 aliphatic carbocycles. The fourth-order valence-corrected chi connectivity index (χ4v) is 3.73. The molecular formula is C22H26N4O3. The van der Waals surface area contributed by atoms with E-state index in [0.29, 0.717) is 30.4 Å². The minimum atomic E-state index is 0.0451. The van der Waals surface area contributed by atoms with Crippen LogP contribution < -0.4 is 4.74 Å². The van der Waals surface area contributed by atoms with Crippen molar-refractivity contribution in [2.24, 2.45) is 0 Å². The molecule has 0 unspecified atom stereocenters. The Kier molecular flexibility index (Phi) is 5.74. The predicted octanol–water partition coefficient (Wildman–Crippen LogP) is 3.74. The van der Waals surface area contributed by atoms with Crippen LogP contribution in [0.25, 0.3) is 10.9 Å². The second kappa shape index (κ2) is 8.59. The quantitative estimate of drug-likeness (QED) is 0.633. The topological polar surface area (TPSA) is 81.4 Å². The lowest BCUT2D eigenvalue weighted by Crippen LogP contribution is -2.38. The lowest BCUT2D eigenvalue weighted by Gasteiger charge is -2.31. The van der Waals surface area contributed by atoms with Crippen LogP contribution >= 0.6 is 0 Å². The maximum Gasteiger partial charge on any atom is 0.254 e. The van der Waals surface area contributed by atoms with Gasteiger partial charge in [-0.3, -0.25) is 14.8 Å². The number of carbonyl (C=O) groups is 1. The number of fused-ring (bicyclic) bond motifs is 1. The van der Waals surface area contributed by atoms with Crippen molar-refractivity contribution in [1.29, 1.82) is 0 Å². The van der Waals surface area contributed by atoms with Crippen LogP contribution in [-0.4, -0.2) is 45.1 Å². The highest BCUT2D eigenvalue weighted by Gasteiger charge is 2.25. The summed E-state index contributed by atoms with van der Waals surface area (Å²) in [6.45, 7) is 5.38. The van der Waals surface area contributed by atoms with E-state index in [1.807, 2.05) is 37.1 Å². The van der Waals surface area contributed by atoms with Gasteiger partial charge in [-0.15, -0.1) is 0 Å². The Hall–Kier alpha value is -2.96. The molecular weight excluding hydrogens is 368 g/mol. The second-order valence-electron chi connectivity index (χ2n) is 7.76. The van der Waals surface area contributed by atoms with E-state index in [9.17, 15) is 4.79 Å². The zero-order valence-corrected chi connectivity index (χ0v) is 16.9. The van der Waals surface area contributed by atoms with Crippen molar-refractivity contribution in [3.8, 4) is 5.88 Å². The first-order chi connectivity index (χ1) is 14.1. The van der Waals surface area contributed by atoms with E-state index in [4.69, 9.17) is 9.26 Å². The van der Waals surface area contributed by atoms with Crippen LogP contribution in [0, 0.1) is 0 Å². The van der Waals surface area contributed by atoms with E-state index in [1.165, 1.54) is 0 Å². The predicted molar refractivity (Wildman–Crippen MR) is 109 cm³/mol. The van der Waals surface area contributed by atoms with Gasteiger partial charge in [0.2, 0.25) is 5.91 Å². The molecule has 29 heavy (non-hydrogen) atoms. The van der Waals surface area contributed by atoms with Crippen molar-refractivity contribution in [2.75, 3.05) is 13.1 Å². The molecule has 4 heterocycles. The third-order valence-corrected chi connectivity index (χ3v) is 5.25. The molecule has 0 aromatic carbocycles. The van der Waals surface area contributed by atoms with Crippen molar-refractivity contribution >= 4 is 16.8 Å². The van der Waals surface area contributed by atoms with Crippen LogP contribution in [-0.2, 0) is 11.2 Å². The van der Waals surface area contributed by atoms with Gasteiger partial charge in [0, 0.05) is 61.4 Å². The van der Waals surface area contributed by atoms with Crippen LogP contribution in [0.4, 0.5) is 0 Å². The molecule has 0 radical (unpaired) electrons. The van der Waals surface area contributed by atoms with Gasteiger partial charge in [-0.1, -0.05) is 0 Å². The Morgan fingerprint density at radius 2 is 2.10 bits per heavy atom. The molecule has 1 amide bonds. The number of aromatic nitrogens is 3. The number of pyridine rings is 2. The summed E-state index contributed by atoms with van der Waals surface area (Å²) < 4.78 is 10.7. The minimum Gasteiger partial charge on any atom is -0.473 e. The Labute approximate surface area is 170 Å². The van der Waals surface area contributed by atoms with Crippen molar-refractivity contribution < 1.29 is 14.1 Å². The van der Waals surface area contributed by atoms with Crippen molar-refractivity contribution in [2.45, 2.75) is 51.6 Å². The maximum atomic E-state index is 12.6. The molecule has 7 nitrogen and oxygen atoms in total. The standard InChI is InChI=1S/C22H26N4O3/c1-15(2)28-21-12-18(29-25-21)5-6-22(27)26-10-7-16(8-11-26)19-13-20-17(14-24-19)4-3-9-23-20/h3-4,9,12-16H,5-8,10-11H2,1-2H3. The Balaban J connectivity index is 1.28. The summed E-state index contributed by atoms with van der Waals surface area (Å²) in [5.41, 5.74) is 2.05. The molecule has 7 heteroatoms. The summed E-state index contributed by atoms with van der Waals surface area (Å²) in [4.78, 5) is 23.6. The third-order valence-electron chi connectivity index (χ3n) is 5.25. The SMILES string of the molecule is CC(C)Oc1cc(CCC(=O)N2CCC(c3cc4ncccc4cn3)CC2)on1. The Morgan fingerprint density at radius 3 is 2.90 bits per heavy atom. The van der Waals surface area contributed by atoms with Gasteiger partial charge in [0.15, 0.2) is 0 Å². The zero-order valence-electron chi connectivity index (χ0n) is 16.9. The second-order valence-corrected chi connectivity index (χ2v) is 7.76. The van der Waals surface area contributed by atoms with Gasteiger partial charge < -0.3 is 14.2 Å². The molecule has 1 aliphatic heterocycles. The van der Waals surface area contributed by atoms with Crippen molar-refractivity contribution in [1.82, 2.24) is 20.0 Å². The number of carbonyl (C=O) groups excluding carboxylic acids is 1. The monoisotopic (exact) mass is 394 g/mol. The van der Waals surface area contributed by atoms with Gasteiger partial charge in [0.1, 0.15) is 5.76 Å². The van der Waals surface area contributed by atoms with E-state index in [1.54, 1.807) is 12.3 Å². The summed E-state index contributed by atoms with van der Waals surface area (Å²) in [5, 5.41) is 4.93. The van der Waals surface area contributed by atoms with Crippen LogP contribution in [0.3, 0.4) is 0 Å². The third kappa shape index (κ3) is 4.72. The molecule has 3 aromatic heterocycles. The lowest BCUT2D eigenvalue weighted by atomic mass is 9.92. The van der Waals surface area contributed by atoms with Crippen LogP contribution in [0.5, 0.6) is 5.88 Å². The molecule has 0 saturated carbocycles. The molecule has 0 spiro atoms. The van der Waals surface area contributed by atoms with Gasteiger partial charge in [-0.05, 0) is 50.0 Å². The summed E-state index contributed by atoms with van der Waals surface area (Å²) in [6, 6.07) is 7.79. The average molecular weight is 394 g/mol. The van der Waals surface area contributed by atoms with Crippen LogP contribution in [0.1, 0.15) is 50.5 Å². The molecule has 1 fully saturated rings. The number of rotatable bonds is 6. The van der Waals surface area contributed by atoms with E-state index < -0.39 is 0 Å². The summed E-state index contributed by atoms with van der Waals surface area (Å²) in [5.74, 6) is 1.67. The van der Waals surface area contributed by atoms with Gasteiger partial charge in [-0.25, -0.2) is 0 Å². The van der Waals surface area contributed by atoms with E-state index in [-0.39, 0.29) is 12.0 Å². The molecule has 4 rings (SSSR count). The van der Waals surface area contributed by atoms with E-state index in [2.05, 4.69) is 21.2 Å². The fraction of sp³-hybridized carbons (Fsp3) is 0.455. The van der Waals surface area contributed by atoms with E-state index >= 15 is 0 Å². The average Bonchev–Trinajstić information content (AvgIpc) is 3.18. The molecule has 0 atom stereocenters. The van der Waals surface area contributed by atoms with Crippen molar-refractivity contribution in [3.63, 3.8) is 0 Å². The van der Waals surface area contributed by atoms with Crippen molar-refractivity contribution in [3.05, 3.63) is 48.1 Å². The first kappa shape index (κ1) is 19.4. The first-order valence-corrected chi connectivity index (χ1v) is 10.2. The number of nitrogens with zero attached hydrogens (tertiary/aromatic N) is 4. The number of aryl methyl sites for hydroxylation is 1. The Bertz CT molecular complexity index is 977. The number of hydrogen-bond donors (Lipinski definition) is 0. The zero-order chi connectivity index (χ0) is 20.2. The highest BCUT2D eigenvalue weighted by atomic mass is 16.5. The molecule has 0 N–H and O–H groups in total. The van der Waals surface area contributed by atoms with Crippen LogP contribution in [0.15, 0.2) is 41.2 Å². The number of piperidine rings is 1. The number of ether oxygens (including phenoxy) is 1. The molecule has 1 saturated heterocycles. The Morgan fingerprint density at radius 1 is 1.28 bits per heavy atom. The molecule has 152 valence electrons. The molecule has 3 aromatic rings. The first-order valence-electron chi connectivity index (χ1n) is 10.2. The highest BCUT2D eigenvalue weighted by molar-refractivity contribution is 5.78. The fourth-order valence-electron chi connectivity index (χ4n) is 3.73. The number of amides is 1. The smallest absolute Gasteiger partial charge is 0.254 e. The summed E-state index contributed by atoms with van der Waals surface area (Å²) in [6.07, 6.45) is 6.54. The summed E-state index contributed by atoms with van der Waals surface area (Å²) >= 11 is 0. The van der Waals surface area contributed by atoms with Gasteiger partial charge >= 0.3 is 0 Å². The number of likely N-dealkylation sites (tertiary alicyclic amines) is 1. The van der Waals surface area contributed by atoms with Gasteiger partial charge in [0.05, 0.1) is 11.6 Å². The molecule has 1 aliphatic rings. The van der Waals surface area contributed by atoms with Gasteiger partial charge in [0.25, 0.3) is 5.88 Å². The number of hydrogen-bond acceptors (Lipinski definition) is 6. The maximum absolute atomic E-state index is 12.6. The lowest BCUT2D eigenvalue weighted by molar-refractivity contribution is -0.132. The normalized spacial score (nSPS) is 15.2. The highest BCUT2D eigenvalue weighted by Crippen LogP contribution is 2.28.